The highest BCUT2D eigenvalue weighted by molar-refractivity contribution is 5.93. The summed E-state index contributed by atoms with van der Waals surface area (Å²) in [5, 5.41) is 1.33. The second-order valence-corrected chi connectivity index (χ2v) is 8.75. The molecule has 160 valence electrons. The molecule has 1 N–H and O–H groups in total. The molecular weight excluding hydrogens is 394 g/mol. The molecule has 2 aliphatic rings. The third kappa shape index (κ3) is 3.94. The number of aromatic nitrogens is 2. The molecule has 3 aromatic rings. The number of aromatic amines is 1. The Balaban J connectivity index is 0.00000218. The molecule has 0 radical (unpaired) electrons. The van der Waals surface area contributed by atoms with E-state index >= 15 is 0 Å². The number of likely N-dealkylation sites (N-methyl/N-ethyl adjacent to an activating group) is 1. The van der Waals surface area contributed by atoms with E-state index in [4.69, 9.17) is 4.98 Å². The molecule has 1 aromatic carbocycles. The van der Waals surface area contributed by atoms with Crippen molar-refractivity contribution in [2.24, 2.45) is 0 Å². The van der Waals surface area contributed by atoms with E-state index in [1.54, 1.807) is 0 Å². The zero-order valence-electron chi connectivity index (χ0n) is 18.2. The Labute approximate surface area is 185 Å². The van der Waals surface area contributed by atoms with Crippen molar-refractivity contribution in [2.75, 3.05) is 44.7 Å². The first-order valence-electron chi connectivity index (χ1n) is 10.8. The van der Waals surface area contributed by atoms with Gasteiger partial charge >= 0.3 is 0 Å². The molecule has 1 fully saturated rings. The number of aryl methyl sites for hydroxylation is 2. The zero-order valence-corrected chi connectivity index (χ0v) is 19.1. The van der Waals surface area contributed by atoms with E-state index in [2.05, 4.69) is 70.9 Å². The Morgan fingerprint density at radius 1 is 1.00 bits per heavy atom. The van der Waals surface area contributed by atoms with Crippen molar-refractivity contribution in [3.05, 3.63) is 58.4 Å². The largest absolute Gasteiger partial charge is 0.355 e. The molecule has 2 aromatic heterocycles. The average Bonchev–Trinajstić information content (AvgIpc) is 3.03. The Kier molecular flexibility index (Phi) is 6.05. The summed E-state index contributed by atoms with van der Waals surface area (Å²) in [6, 6.07) is 11.1. The number of hydrogen-bond acceptors (Lipinski definition) is 4. The van der Waals surface area contributed by atoms with Gasteiger partial charge in [-0.3, -0.25) is 4.90 Å². The van der Waals surface area contributed by atoms with Gasteiger partial charge in [0.2, 0.25) is 0 Å². The van der Waals surface area contributed by atoms with Crippen molar-refractivity contribution in [2.45, 2.75) is 33.4 Å². The van der Waals surface area contributed by atoms with Crippen LogP contribution in [0.2, 0.25) is 0 Å². The lowest BCUT2D eigenvalue weighted by Gasteiger charge is -2.33. The van der Waals surface area contributed by atoms with E-state index in [0.717, 1.165) is 58.1 Å². The lowest BCUT2D eigenvalue weighted by atomic mass is 10.00. The molecule has 0 unspecified atom stereocenters. The topological polar surface area (TPSA) is 38.4 Å². The summed E-state index contributed by atoms with van der Waals surface area (Å²) < 4.78 is 0. The molecule has 0 bridgehead atoms. The predicted molar refractivity (Wildman–Crippen MR) is 127 cm³/mol. The van der Waals surface area contributed by atoms with Crippen molar-refractivity contribution in [3.63, 3.8) is 0 Å². The number of hydrogen-bond donors (Lipinski definition) is 1. The SMILES string of the molecule is Cc1[nH]c2c(N3CCc4ccccc4C3)nc(CN3CCN(C)CC3)cc2c1C.Cl. The maximum absolute atomic E-state index is 5.20. The van der Waals surface area contributed by atoms with Crippen molar-refractivity contribution in [1.29, 1.82) is 0 Å². The second kappa shape index (κ2) is 8.58. The molecule has 0 spiro atoms. The van der Waals surface area contributed by atoms with E-state index in [1.807, 2.05) is 0 Å². The molecule has 0 amide bonds. The fourth-order valence-electron chi connectivity index (χ4n) is 4.71. The van der Waals surface area contributed by atoms with Gasteiger partial charge in [-0.15, -0.1) is 12.4 Å². The standard InChI is InChI=1S/C24H31N5.ClH/c1-17-18(2)25-23-22(17)14-21(16-28-12-10-27(3)11-13-28)26-24(23)29-9-8-19-6-4-5-7-20(19)15-29;/h4-7,14,25H,8-13,15-16H2,1-3H3;1H. The molecule has 6 heteroatoms. The van der Waals surface area contributed by atoms with Crippen LogP contribution in [-0.2, 0) is 19.5 Å². The Morgan fingerprint density at radius 3 is 2.50 bits per heavy atom. The number of pyridine rings is 1. The normalized spacial score (nSPS) is 17.8. The van der Waals surface area contributed by atoms with Crippen LogP contribution in [0.4, 0.5) is 5.82 Å². The van der Waals surface area contributed by atoms with Crippen LogP contribution in [0.15, 0.2) is 30.3 Å². The smallest absolute Gasteiger partial charge is 0.153 e. The van der Waals surface area contributed by atoms with Gasteiger partial charge in [-0.25, -0.2) is 4.98 Å². The van der Waals surface area contributed by atoms with Crippen LogP contribution in [0, 0.1) is 13.8 Å². The quantitative estimate of drug-likeness (QED) is 0.690. The summed E-state index contributed by atoms with van der Waals surface area (Å²) in [6.45, 7) is 11.8. The molecule has 0 saturated carbocycles. The number of piperazine rings is 1. The molecule has 0 atom stereocenters. The van der Waals surface area contributed by atoms with Crippen molar-refractivity contribution in [1.82, 2.24) is 19.8 Å². The third-order valence-corrected chi connectivity index (χ3v) is 6.74. The van der Waals surface area contributed by atoms with E-state index in [0.29, 0.717) is 0 Å². The number of nitrogens with one attached hydrogen (secondary N) is 1. The van der Waals surface area contributed by atoms with E-state index in [9.17, 15) is 0 Å². The summed E-state index contributed by atoms with van der Waals surface area (Å²) in [5.74, 6) is 1.12. The van der Waals surface area contributed by atoms with Crippen molar-refractivity contribution < 1.29 is 0 Å². The average molecular weight is 426 g/mol. The first kappa shape index (κ1) is 21.2. The van der Waals surface area contributed by atoms with Gasteiger partial charge in [0.1, 0.15) is 0 Å². The minimum atomic E-state index is 0. The van der Waals surface area contributed by atoms with Gasteiger partial charge in [0.25, 0.3) is 0 Å². The lowest BCUT2D eigenvalue weighted by Crippen LogP contribution is -2.44. The highest BCUT2D eigenvalue weighted by Gasteiger charge is 2.23. The highest BCUT2D eigenvalue weighted by Crippen LogP contribution is 2.32. The van der Waals surface area contributed by atoms with Crippen LogP contribution in [0.5, 0.6) is 0 Å². The van der Waals surface area contributed by atoms with Gasteiger partial charge in [0.05, 0.1) is 11.2 Å². The first-order chi connectivity index (χ1) is 14.1. The third-order valence-electron chi connectivity index (χ3n) is 6.74. The molecule has 5 nitrogen and oxygen atoms in total. The molecule has 4 heterocycles. The van der Waals surface area contributed by atoms with Gasteiger partial charge in [-0.05, 0) is 50.1 Å². The number of benzene rings is 1. The minimum absolute atomic E-state index is 0. The number of rotatable bonds is 3. The molecular formula is C24H32ClN5. The summed E-state index contributed by atoms with van der Waals surface area (Å²) >= 11 is 0. The molecule has 5 rings (SSSR count). The predicted octanol–water partition coefficient (Wildman–Crippen LogP) is 3.91. The van der Waals surface area contributed by atoms with Crippen LogP contribution in [0.3, 0.4) is 0 Å². The van der Waals surface area contributed by atoms with Crippen LogP contribution >= 0.6 is 12.4 Å². The number of anilines is 1. The maximum atomic E-state index is 5.20. The summed E-state index contributed by atoms with van der Waals surface area (Å²) in [5.41, 5.74) is 7.89. The molecule has 1 saturated heterocycles. The Hall–Kier alpha value is -2.08. The number of H-pyrrole nitrogens is 1. The fourth-order valence-corrected chi connectivity index (χ4v) is 4.71. The number of fused-ring (bicyclic) bond motifs is 2. The van der Waals surface area contributed by atoms with Crippen molar-refractivity contribution in [3.8, 4) is 0 Å². The van der Waals surface area contributed by atoms with Crippen molar-refractivity contribution >= 4 is 29.1 Å². The van der Waals surface area contributed by atoms with Crippen LogP contribution in [-0.4, -0.2) is 59.5 Å². The van der Waals surface area contributed by atoms with Gasteiger partial charge in [-0.1, -0.05) is 24.3 Å². The van der Waals surface area contributed by atoms with Crippen LogP contribution in [0.25, 0.3) is 10.9 Å². The van der Waals surface area contributed by atoms with Gasteiger partial charge in [0.15, 0.2) is 5.82 Å². The zero-order chi connectivity index (χ0) is 20.0. The van der Waals surface area contributed by atoms with E-state index in [-0.39, 0.29) is 12.4 Å². The fraction of sp³-hybridized carbons (Fsp3) is 0.458. The van der Waals surface area contributed by atoms with Gasteiger partial charge in [0, 0.05) is 56.9 Å². The van der Waals surface area contributed by atoms with Crippen LogP contribution < -0.4 is 4.90 Å². The summed E-state index contributed by atoms with van der Waals surface area (Å²) in [4.78, 5) is 16.2. The first-order valence-corrected chi connectivity index (χ1v) is 10.8. The van der Waals surface area contributed by atoms with Gasteiger partial charge < -0.3 is 14.8 Å². The van der Waals surface area contributed by atoms with Crippen LogP contribution in [0.1, 0.15) is 28.1 Å². The highest BCUT2D eigenvalue weighted by atomic mass is 35.5. The van der Waals surface area contributed by atoms with E-state index in [1.165, 1.54) is 39.0 Å². The second-order valence-electron chi connectivity index (χ2n) is 8.75. The summed E-state index contributed by atoms with van der Waals surface area (Å²) in [7, 11) is 2.21. The monoisotopic (exact) mass is 425 g/mol. The molecule has 30 heavy (non-hydrogen) atoms. The molecule has 0 aliphatic carbocycles. The minimum Gasteiger partial charge on any atom is -0.355 e. The lowest BCUT2D eigenvalue weighted by molar-refractivity contribution is 0.147. The number of halogens is 1. The maximum Gasteiger partial charge on any atom is 0.153 e. The number of nitrogens with zero attached hydrogens (tertiary/aromatic N) is 4. The summed E-state index contributed by atoms with van der Waals surface area (Å²) in [6.07, 6.45) is 1.08. The van der Waals surface area contributed by atoms with E-state index < -0.39 is 0 Å². The van der Waals surface area contributed by atoms with Gasteiger partial charge in [-0.2, -0.15) is 0 Å². The Morgan fingerprint density at radius 2 is 1.73 bits per heavy atom. The molecule has 2 aliphatic heterocycles. The Bertz CT molecular complexity index is 1040.